The minimum absolute atomic E-state index is 0.0622. The van der Waals surface area contributed by atoms with Crippen LogP contribution in [0.4, 0.5) is 4.79 Å². The molecule has 8 nitrogen and oxygen atoms in total. The molecule has 2 aromatic carbocycles. The molecule has 4 rings (SSSR count). The largest absolute Gasteiger partial charge is 0.481 e. The average Bonchev–Trinajstić information content (AvgIpc) is 3.12. The number of nitrogens with zero attached hydrogens (tertiary/aromatic N) is 1. The van der Waals surface area contributed by atoms with Gasteiger partial charge in [0.05, 0.1) is 12.5 Å². The van der Waals surface area contributed by atoms with E-state index >= 15 is 0 Å². The van der Waals surface area contributed by atoms with Gasteiger partial charge >= 0.3 is 12.1 Å². The van der Waals surface area contributed by atoms with Crippen LogP contribution in [0, 0.1) is 0 Å². The molecular formula is C25H28N2O6. The molecule has 174 valence electrons. The molecule has 1 fully saturated rings. The number of amides is 2. The lowest BCUT2D eigenvalue weighted by Crippen LogP contribution is -2.55. The van der Waals surface area contributed by atoms with E-state index in [2.05, 4.69) is 5.32 Å². The lowest BCUT2D eigenvalue weighted by atomic mass is 9.98. The van der Waals surface area contributed by atoms with Gasteiger partial charge in [0.25, 0.3) is 0 Å². The molecule has 0 radical (unpaired) electrons. The van der Waals surface area contributed by atoms with E-state index in [0.29, 0.717) is 12.8 Å². The van der Waals surface area contributed by atoms with Gasteiger partial charge in [-0.05, 0) is 42.0 Å². The zero-order chi connectivity index (χ0) is 23.5. The van der Waals surface area contributed by atoms with Gasteiger partial charge in [-0.3, -0.25) is 9.59 Å². The Balaban J connectivity index is 1.44. The van der Waals surface area contributed by atoms with Crippen molar-refractivity contribution in [1.29, 1.82) is 0 Å². The number of piperidine rings is 1. The molecule has 8 heteroatoms. The van der Waals surface area contributed by atoms with Crippen molar-refractivity contribution >= 4 is 18.0 Å². The molecule has 2 aromatic rings. The molecule has 2 amide bonds. The van der Waals surface area contributed by atoms with Crippen LogP contribution in [0.1, 0.15) is 43.2 Å². The Morgan fingerprint density at radius 3 is 2.27 bits per heavy atom. The van der Waals surface area contributed by atoms with Gasteiger partial charge < -0.3 is 25.2 Å². The van der Waals surface area contributed by atoms with E-state index in [0.717, 1.165) is 22.3 Å². The zero-order valence-corrected chi connectivity index (χ0v) is 18.4. The molecule has 3 N–H and O–H groups in total. The molecular weight excluding hydrogens is 424 g/mol. The Morgan fingerprint density at radius 1 is 1.06 bits per heavy atom. The number of nitrogens with one attached hydrogen (secondary N) is 1. The molecule has 33 heavy (non-hydrogen) atoms. The predicted octanol–water partition coefficient (Wildman–Crippen LogP) is 2.74. The Bertz CT molecular complexity index is 1010. The van der Waals surface area contributed by atoms with Crippen molar-refractivity contribution in [3.63, 3.8) is 0 Å². The molecule has 1 aliphatic carbocycles. The molecule has 0 aromatic heterocycles. The van der Waals surface area contributed by atoms with E-state index in [4.69, 9.17) is 4.74 Å². The number of aliphatic hydroxyl groups is 1. The number of carboxylic acids is 1. The number of carboxylic acid groups (broad SMARTS) is 1. The highest BCUT2D eigenvalue weighted by Crippen LogP contribution is 2.44. The van der Waals surface area contributed by atoms with Crippen LogP contribution >= 0.6 is 0 Å². The van der Waals surface area contributed by atoms with Gasteiger partial charge in [-0.1, -0.05) is 48.5 Å². The van der Waals surface area contributed by atoms with Crippen molar-refractivity contribution in [2.75, 3.05) is 13.2 Å². The summed E-state index contributed by atoms with van der Waals surface area (Å²) >= 11 is 0. The van der Waals surface area contributed by atoms with Crippen molar-refractivity contribution in [1.82, 2.24) is 10.2 Å². The van der Waals surface area contributed by atoms with Gasteiger partial charge in [-0.2, -0.15) is 0 Å². The number of alkyl carbamates (subject to hydrolysis) is 1. The van der Waals surface area contributed by atoms with Crippen LogP contribution in [-0.4, -0.2) is 64.4 Å². The Labute approximate surface area is 192 Å². The highest BCUT2D eigenvalue weighted by Gasteiger charge is 2.35. The van der Waals surface area contributed by atoms with Crippen LogP contribution in [0.5, 0.6) is 0 Å². The van der Waals surface area contributed by atoms with Crippen molar-refractivity contribution in [3.8, 4) is 11.1 Å². The second-order valence-corrected chi connectivity index (χ2v) is 8.69. The third-order valence-electron chi connectivity index (χ3n) is 6.45. The normalized spacial score (nSPS) is 20.5. The van der Waals surface area contributed by atoms with Crippen LogP contribution in [0.15, 0.2) is 48.5 Å². The van der Waals surface area contributed by atoms with Gasteiger partial charge in [0.1, 0.15) is 12.6 Å². The SMILES string of the molecule is C[C@H]1CC[C@H](O)CN1C(=O)C(CC(=O)O)NC(=O)OCC1c2ccccc2-c2ccccc21. The summed E-state index contributed by atoms with van der Waals surface area (Å²) in [6, 6.07) is 14.4. The van der Waals surface area contributed by atoms with Crippen molar-refractivity contribution in [3.05, 3.63) is 59.7 Å². The highest BCUT2D eigenvalue weighted by atomic mass is 16.5. The molecule has 1 heterocycles. The first-order valence-corrected chi connectivity index (χ1v) is 11.2. The first kappa shape index (κ1) is 22.8. The number of hydrogen-bond acceptors (Lipinski definition) is 5. The number of fused-ring (bicyclic) bond motifs is 3. The predicted molar refractivity (Wildman–Crippen MR) is 121 cm³/mol. The zero-order valence-electron chi connectivity index (χ0n) is 18.4. The number of carbonyl (C=O) groups is 3. The molecule has 1 aliphatic heterocycles. The van der Waals surface area contributed by atoms with E-state index in [9.17, 15) is 24.6 Å². The fourth-order valence-electron chi connectivity index (χ4n) is 4.75. The van der Waals surface area contributed by atoms with Crippen molar-refractivity contribution < 1.29 is 29.3 Å². The van der Waals surface area contributed by atoms with Gasteiger partial charge in [0.15, 0.2) is 0 Å². The topological polar surface area (TPSA) is 116 Å². The van der Waals surface area contributed by atoms with Crippen LogP contribution in [0.25, 0.3) is 11.1 Å². The monoisotopic (exact) mass is 452 g/mol. The third kappa shape index (κ3) is 4.85. The second-order valence-electron chi connectivity index (χ2n) is 8.69. The highest BCUT2D eigenvalue weighted by molar-refractivity contribution is 5.89. The molecule has 1 saturated heterocycles. The lowest BCUT2D eigenvalue weighted by molar-refractivity contribution is -0.145. The Kier molecular flexibility index (Phi) is 6.65. The number of rotatable bonds is 6. The summed E-state index contributed by atoms with van der Waals surface area (Å²) in [5.41, 5.74) is 4.30. The van der Waals surface area contributed by atoms with E-state index in [1.165, 1.54) is 4.90 Å². The summed E-state index contributed by atoms with van der Waals surface area (Å²) in [5, 5.41) is 21.6. The van der Waals surface area contributed by atoms with E-state index in [-0.39, 0.29) is 25.1 Å². The second kappa shape index (κ2) is 9.62. The third-order valence-corrected chi connectivity index (χ3v) is 6.45. The van der Waals surface area contributed by atoms with Gasteiger partial charge in [-0.25, -0.2) is 4.79 Å². The van der Waals surface area contributed by atoms with Gasteiger partial charge in [0.2, 0.25) is 5.91 Å². The molecule has 1 unspecified atom stereocenters. The number of β-amino-alcohol motifs (C(OH)–C–C–N with tert-alkyl or cyclic N) is 1. The molecule has 0 saturated carbocycles. The van der Waals surface area contributed by atoms with Gasteiger partial charge in [0, 0.05) is 18.5 Å². The average molecular weight is 453 g/mol. The fraction of sp³-hybridized carbons (Fsp3) is 0.400. The van der Waals surface area contributed by atoms with E-state index in [1.807, 2.05) is 55.5 Å². The van der Waals surface area contributed by atoms with Crippen LogP contribution in [0.2, 0.25) is 0 Å². The summed E-state index contributed by atoms with van der Waals surface area (Å²) in [5.74, 6) is -1.89. The van der Waals surface area contributed by atoms with Crippen molar-refractivity contribution in [2.45, 2.75) is 50.3 Å². The molecule has 3 atom stereocenters. The lowest BCUT2D eigenvalue weighted by Gasteiger charge is -2.37. The summed E-state index contributed by atoms with van der Waals surface area (Å²) in [7, 11) is 0. The summed E-state index contributed by atoms with van der Waals surface area (Å²) in [6.07, 6.45) is -0.888. The maximum atomic E-state index is 13.0. The number of aliphatic carboxylic acids is 1. The number of benzene rings is 2. The Hall–Kier alpha value is -3.39. The number of ether oxygens (including phenoxy) is 1. The smallest absolute Gasteiger partial charge is 0.407 e. The van der Waals surface area contributed by atoms with Crippen LogP contribution in [-0.2, 0) is 14.3 Å². The maximum Gasteiger partial charge on any atom is 0.407 e. The minimum Gasteiger partial charge on any atom is -0.481 e. The standard InChI is InChI=1S/C25H28N2O6/c1-15-10-11-16(28)13-27(15)24(31)22(12-23(29)30)26-25(32)33-14-21-19-8-4-2-6-17(19)18-7-3-5-9-20(18)21/h2-9,15-16,21-22,28H,10-14H2,1H3,(H,26,32)(H,29,30)/t15-,16-,22?/m0/s1. The summed E-state index contributed by atoms with van der Waals surface area (Å²) < 4.78 is 5.47. The van der Waals surface area contributed by atoms with Gasteiger partial charge in [-0.15, -0.1) is 0 Å². The summed E-state index contributed by atoms with van der Waals surface area (Å²) in [6.45, 7) is 2.02. The summed E-state index contributed by atoms with van der Waals surface area (Å²) in [4.78, 5) is 38.4. The number of likely N-dealkylation sites (tertiary alicyclic amines) is 1. The van der Waals surface area contributed by atoms with Crippen LogP contribution in [0.3, 0.4) is 0 Å². The van der Waals surface area contributed by atoms with E-state index in [1.54, 1.807) is 0 Å². The molecule has 0 spiro atoms. The first-order chi connectivity index (χ1) is 15.8. The fourth-order valence-corrected chi connectivity index (χ4v) is 4.75. The number of carbonyl (C=O) groups excluding carboxylic acids is 2. The maximum absolute atomic E-state index is 13.0. The quantitative estimate of drug-likeness (QED) is 0.621. The number of hydrogen-bond donors (Lipinski definition) is 3. The Morgan fingerprint density at radius 2 is 1.67 bits per heavy atom. The molecule has 0 bridgehead atoms. The minimum atomic E-state index is -1.27. The molecule has 2 aliphatic rings. The first-order valence-electron chi connectivity index (χ1n) is 11.2. The van der Waals surface area contributed by atoms with Crippen molar-refractivity contribution in [2.24, 2.45) is 0 Å². The van der Waals surface area contributed by atoms with E-state index < -0.39 is 36.5 Å². The number of aliphatic hydroxyl groups excluding tert-OH is 1. The van der Waals surface area contributed by atoms with Crippen LogP contribution < -0.4 is 5.32 Å².